The Morgan fingerprint density at radius 1 is 0.923 bits per heavy atom. The smallest absolute Gasteiger partial charge is 0.105 e. The van der Waals surface area contributed by atoms with E-state index < -0.39 is 0 Å². The molecule has 7 nitrogen and oxygen atoms in total. The summed E-state index contributed by atoms with van der Waals surface area (Å²) in [6.07, 6.45) is 4.54. The predicted molar refractivity (Wildman–Crippen MR) is 99.6 cm³/mol. The molecular formula is C19H34N6O. The van der Waals surface area contributed by atoms with Crippen LogP contribution in [0.15, 0.2) is 0 Å². The number of ether oxygens (including phenoxy) is 1. The lowest BCUT2D eigenvalue weighted by atomic mass is 9.83. The van der Waals surface area contributed by atoms with Gasteiger partial charge < -0.3 is 15.4 Å². The summed E-state index contributed by atoms with van der Waals surface area (Å²) in [6.45, 7) is 12.5. The summed E-state index contributed by atoms with van der Waals surface area (Å²) in [7, 11) is 0. The molecule has 2 spiro atoms. The molecule has 26 heavy (non-hydrogen) atoms. The summed E-state index contributed by atoms with van der Waals surface area (Å²) in [4.78, 5) is 2.66. The van der Waals surface area contributed by atoms with Gasteiger partial charge in [-0.25, -0.2) is 10.0 Å². The van der Waals surface area contributed by atoms with Crippen molar-refractivity contribution in [3.05, 3.63) is 0 Å². The molecule has 0 saturated carbocycles. The Balaban J connectivity index is 1.09. The first kappa shape index (κ1) is 16.7. The first-order chi connectivity index (χ1) is 12.7. The minimum absolute atomic E-state index is 0.0933. The summed E-state index contributed by atoms with van der Waals surface area (Å²) in [5.41, 5.74) is 0.504. The SMILES string of the molecule is C1NCC2CC1CN(N1CCC13CCN(C1COC4(CNC4)CN1)C3)C2. The standard InChI is InChI=1S/C19H34N6O/c1-3-23(17-10-26-19(13-22-17)11-21-12-19)14-18(1)2-4-25(18)24-8-15-5-16(9-24)7-20-6-15/h15-17,20-22H,1-14H2. The van der Waals surface area contributed by atoms with Crippen molar-refractivity contribution in [2.45, 2.75) is 36.6 Å². The van der Waals surface area contributed by atoms with E-state index in [4.69, 9.17) is 4.74 Å². The van der Waals surface area contributed by atoms with Crippen molar-refractivity contribution in [1.82, 2.24) is 30.9 Å². The molecule has 4 atom stereocenters. The summed E-state index contributed by atoms with van der Waals surface area (Å²) in [6, 6.07) is 0. The van der Waals surface area contributed by atoms with Crippen molar-refractivity contribution >= 4 is 0 Å². The van der Waals surface area contributed by atoms with E-state index in [1.165, 1.54) is 65.1 Å². The lowest BCUT2D eigenvalue weighted by molar-refractivity contribution is -0.197. The molecule has 146 valence electrons. The minimum atomic E-state index is 0.0933. The number of hydrogen-bond acceptors (Lipinski definition) is 7. The van der Waals surface area contributed by atoms with Gasteiger partial charge >= 0.3 is 0 Å². The van der Waals surface area contributed by atoms with E-state index in [0.717, 1.165) is 38.1 Å². The van der Waals surface area contributed by atoms with E-state index in [9.17, 15) is 0 Å². The van der Waals surface area contributed by atoms with Crippen LogP contribution in [0.4, 0.5) is 0 Å². The number of likely N-dealkylation sites (tertiary alicyclic amines) is 1. The molecule has 3 N–H and O–H groups in total. The van der Waals surface area contributed by atoms with Gasteiger partial charge in [0.15, 0.2) is 0 Å². The van der Waals surface area contributed by atoms with Gasteiger partial charge in [-0.2, -0.15) is 0 Å². The second-order valence-electron chi connectivity index (χ2n) is 9.81. The van der Waals surface area contributed by atoms with Crippen LogP contribution >= 0.6 is 0 Å². The van der Waals surface area contributed by atoms with Gasteiger partial charge in [-0.15, -0.1) is 0 Å². The fraction of sp³-hybridized carbons (Fsp3) is 1.00. The molecule has 0 aromatic carbocycles. The van der Waals surface area contributed by atoms with Crippen molar-refractivity contribution in [2.75, 3.05) is 72.1 Å². The maximum absolute atomic E-state index is 6.24. The molecule has 2 bridgehead atoms. The molecule has 0 radical (unpaired) electrons. The minimum Gasteiger partial charge on any atom is -0.368 e. The molecule has 6 saturated heterocycles. The molecule has 6 aliphatic rings. The Morgan fingerprint density at radius 2 is 1.73 bits per heavy atom. The third-order valence-corrected chi connectivity index (χ3v) is 8.05. The van der Waals surface area contributed by atoms with Crippen molar-refractivity contribution < 1.29 is 4.74 Å². The number of rotatable bonds is 2. The lowest BCUT2D eigenvalue weighted by Gasteiger charge is -2.59. The normalized spacial score (nSPS) is 46.4. The van der Waals surface area contributed by atoms with Crippen LogP contribution in [0.1, 0.15) is 19.3 Å². The highest BCUT2D eigenvalue weighted by atomic mass is 16.5. The third kappa shape index (κ3) is 2.59. The number of hydrogen-bond donors (Lipinski definition) is 3. The first-order valence-corrected chi connectivity index (χ1v) is 10.8. The van der Waals surface area contributed by atoms with Crippen molar-refractivity contribution in [3.63, 3.8) is 0 Å². The topological polar surface area (TPSA) is 55.0 Å². The summed E-state index contributed by atoms with van der Waals surface area (Å²) >= 11 is 0. The summed E-state index contributed by atoms with van der Waals surface area (Å²) < 4.78 is 6.24. The molecule has 6 heterocycles. The van der Waals surface area contributed by atoms with Crippen LogP contribution in [0.5, 0.6) is 0 Å². The molecule has 7 heteroatoms. The molecular weight excluding hydrogens is 328 g/mol. The van der Waals surface area contributed by atoms with E-state index in [0.29, 0.717) is 11.7 Å². The van der Waals surface area contributed by atoms with Gasteiger partial charge in [-0.1, -0.05) is 0 Å². The molecule has 4 unspecified atom stereocenters. The van der Waals surface area contributed by atoms with Gasteiger partial charge in [0.1, 0.15) is 5.60 Å². The van der Waals surface area contributed by atoms with E-state index in [-0.39, 0.29) is 5.60 Å². The molecule has 0 amide bonds. The van der Waals surface area contributed by atoms with E-state index in [1.807, 2.05) is 0 Å². The molecule has 0 aliphatic carbocycles. The predicted octanol–water partition coefficient (Wildman–Crippen LogP) is -1.12. The highest BCUT2D eigenvalue weighted by Crippen LogP contribution is 2.42. The number of piperidine rings is 2. The Bertz CT molecular complexity index is 534. The van der Waals surface area contributed by atoms with Crippen LogP contribution in [-0.4, -0.2) is 104 Å². The van der Waals surface area contributed by atoms with Crippen molar-refractivity contribution in [1.29, 1.82) is 0 Å². The maximum atomic E-state index is 6.24. The number of hydrazine groups is 1. The van der Waals surface area contributed by atoms with Crippen LogP contribution in [0, 0.1) is 11.8 Å². The van der Waals surface area contributed by atoms with Gasteiger partial charge in [-0.3, -0.25) is 10.2 Å². The fourth-order valence-corrected chi connectivity index (χ4v) is 6.35. The van der Waals surface area contributed by atoms with E-state index in [1.54, 1.807) is 0 Å². The van der Waals surface area contributed by atoms with Gasteiger partial charge in [0.2, 0.25) is 0 Å². The summed E-state index contributed by atoms with van der Waals surface area (Å²) in [5.74, 6) is 1.72. The van der Waals surface area contributed by atoms with Crippen LogP contribution < -0.4 is 16.0 Å². The molecule has 6 rings (SSSR count). The number of nitrogens with one attached hydrogen (secondary N) is 3. The second kappa shape index (κ2) is 6.11. The quantitative estimate of drug-likeness (QED) is 0.575. The second-order valence-corrected chi connectivity index (χ2v) is 9.81. The number of morpholine rings is 1. The Kier molecular flexibility index (Phi) is 3.91. The number of fused-ring (bicyclic) bond motifs is 2. The average molecular weight is 363 g/mol. The van der Waals surface area contributed by atoms with Gasteiger partial charge in [0.05, 0.1) is 18.3 Å². The zero-order valence-corrected chi connectivity index (χ0v) is 15.9. The molecule has 6 fully saturated rings. The molecule has 6 aliphatic heterocycles. The monoisotopic (exact) mass is 362 g/mol. The maximum Gasteiger partial charge on any atom is 0.105 e. The van der Waals surface area contributed by atoms with Gasteiger partial charge in [-0.05, 0) is 44.2 Å². The van der Waals surface area contributed by atoms with Crippen LogP contribution in [0.3, 0.4) is 0 Å². The largest absolute Gasteiger partial charge is 0.368 e. The van der Waals surface area contributed by atoms with Gasteiger partial charge in [0.25, 0.3) is 0 Å². The lowest BCUT2D eigenvalue weighted by Crippen LogP contribution is -2.73. The van der Waals surface area contributed by atoms with Crippen molar-refractivity contribution in [3.8, 4) is 0 Å². The Morgan fingerprint density at radius 3 is 2.35 bits per heavy atom. The zero-order chi connectivity index (χ0) is 17.2. The summed E-state index contributed by atoms with van der Waals surface area (Å²) in [5, 5.41) is 16.3. The Hall–Kier alpha value is -0.280. The third-order valence-electron chi connectivity index (χ3n) is 8.05. The van der Waals surface area contributed by atoms with Crippen LogP contribution in [0.2, 0.25) is 0 Å². The molecule has 0 aromatic heterocycles. The average Bonchev–Trinajstić information content (AvgIpc) is 3.07. The van der Waals surface area contributed by atoms with Gasteiger partial charge in [0, 0.05) is 52.4 Å². The van der Waals surface area contributed by atoms with E-state index >= 15 is 0 Å². The van der Waals surface area contributed by atoms with Crippen molar-refractivity contribution in [2.24, 2.45) is 11.8 Å². The highest BCUT2D eigenvalue weighted by molar-refractivity contribution is 5.08. The highest BCUT2D eigenvalue weighted by Gasteiger charge is 2.54. The Labute approximate surface area is 156 Å². The fourth-order valence-electron chi connectivity index (χ4n) is 6.35. The van der Waals surface area contributed by atoms with E-state index in [2.05, 4.69) is 30.9 Å². The first-order valence-electron chi connectivity index (χ1n) is 10.8. The number of nitrogens with zero attached hydrogens (tertiary/aromatic N) is 3. The van der Waals surface area contributed by atoms with Crippen LogP contribution in [0.25, 0.3) is 0 Å². The molecule has 0 aromatic rings. The van der Waals surface area contributed by atoms with Crippen LogP contribution in [-0.2, 0) is 4.74 Å². The zero-order valence-electron chi connectivity index (χ0n) is 15.9.